The summed E-state index contributed by atoms with van der Waals surface area (Å²) in [5.41, 5.74) is 0. The molecule has 1 saturated carbocycles. The van der Waals surface area contributed by atoms with Crippen LogP contribution < -0.4 is 5.32 Å². The molecule has 3 unspecified atom stereocenters. The molecular formula is C19H35IN4O. The van der Waals surface area contributed by atoms with E-state index in [0.29, 0.717) is 24.9 Å². The molecule has 5 nitrogen and oxygen atoms in total. The van der Waals surface area contributed by atoms with E-state index in [1.165, 1.54) is 32.1 Å². The molecule has 0 aromatic rings. The molecule has 0 bridgehead atoms. The number of nitrogens with zero attached hydrogens (tertiary/aromatic N) is 3. The van der Waals surface area contributed by atoms with Gasteiger partial charge in [0.1, 0.15) is 0 Å². The predicted molar refractivity (Wildman–Crippen MR) is 113 cm³/mol. The van der Waals surface area contributed by atoms with Crippen LogP contribution in [0.5, 0.6) is 0 Å². The Balaban J connectivity index is 0.00000225. The van der Waals surface area contributed by atoms with Crippen LogP contribution in [0.25, 0.3) is 0 Å². The van der Waals surface area contributed by atoms with Crippen LogP contribution >= 0.6 is 24.0 Å². The molecule has 0 spiro atoms. The molecule has 2 aliphatic heterocycles. The second kappa shape index (κ2) is 9.97. The first-order valence-electron chi connectivity index (χ1n) is 9.94. The van der Waals surface area contributed by atoms with Crippen molar-refractivity contribution < 1.29 is 4.79 Å². The number of fused-ring (bicyclic) bond motifs is 1. The molecule has 2 saturated heterocycles. The van der Waals surface area contributed by atoms with Gasteiger partial charge in [-0.2, -0.15) is 0 Å². The van der Waals surface area contributed by atoms with Gasteiger partial charge in [0.25, 0.3) is 0 Å². The van der Waals surface area contributed by atoms with Crippen LogP contribution in [-0.2, 0) is 4.79 Å². The summed E-state index contributed by atoms with van der Waals surface area (Å²) in [7, 11) is 1.86. The van der Waals surface area contributed by atoms with E-state index in [0.717, 1.165) is 50.3 Å². The molecule has 0 aromatic carbocycles. The van der Waals surface area contributed by atoms with E-state index in [2.05, 4.69) is 27.0 Å². The third kappa shape index (κ3) is 5.23. The Kier molecular flexibility index (Phi) is 8.29. The molecule has 6 heteroatoms. The number of hydrogen-bond donors (Lipinski definition) is 1. The molecule has 3 rings (SSSR count). The van der Waals surface area contributed by atoms with Crippen molar-refractivity contribution in [1.82, 2.24) is 15.1 Å². The molecule has 0 radical (unpaired) electrons. The monoisotopic (exact) mass is 462 g/mol. The Morgan fingerprint density at radius 3 is 2.32 bits per heavy atom. The van der Waals surface area contributed by atoms with Crippen molar-refractivity contribution in [2.24, 2.45) is 16.8 Å². The second-order valence-corrected chi connectivity index (χ2v) is 7.87. The molecule has 144 valence electrons. The minimum Gasteiger partial charge on any atom is -0.356 e. The Labute approximate surface area is 170 Å². The van der Waals surface area contributed by atoms with E-state index in [-0.39, 0.29) is 24.0 Å². The van der Waals surface area contributed by atoms with Gasteiger partial charge < -0.3 is 15.1 Å². The topological polar surface area (TPSA) is 47.9 Å². The third-order valence-corrected chi connectivity index (χ3v) is 6.23. The summed E-state index contributed by atoms with van der Waals surface area (Å²) < 4.78 is 0. The van der Waals surface area contributed by atoms with Crippen LogP contribution in [0.15, 0.2) is 4.99 Å². The highest BCUT2D eigenvalue weighted by Crippen LogP contribution is 2.35. The lowest BCUT2D eigenvalue weighted by molar-refractivity contribution is -0.134. The zero-order valence-corrected chi connectivity index (χ0v) is 18.2. The molecule has 3 fully saturated rings. The van der Waals surface area contributed by atoms with Gasteiger partial charge in [0, 0.05) is 45.7 Å². The van der Waals surface area contributed by atoms with Gasteiger partial charge >= 0.3 is 0 Å². The number of carbonyl (C=O) groups is 1. The second-order valence-electron chi connectivity index (χ2n) is 7.87. The van der Waals surface area contributed by atoms with Crippen molar-refractivity contribution in [3.05, 3.63) is 0 Å². The fourth-order valence-corrected chi connectivity index (χ4v) is 4.80. The summed E-state index contributed by atoms with van der Waals surface area (Å²) in [6.07, 6.45) is 9.68. The number of rotatable bonds is 3. The van der Waals surface area contributed by atoms with E-state index >= 15 is 0 Å². The molecule has 2 heterocycles. The highest BCUT2D eigenvalue weighted by atomic mass is 127. The molecule has 1 aliphatic carbocycles. The summed E-state index contributed by atoms with van der Waals surface area (Å²) in [6, 6.07) is 0.410. The largest absolute Gasteiger partial charge is 0.356 e. The highest BCUT2D eigenvalue weighted by molar-refractivity contribution is 14.0. The quantitative estimate of drug-likeness (QED) is 0.399. The number of amides is 1. The average molecular weight is 462 g/mol. The molecule has 0 aromatic heterocycles. The van der Waals surface area contributed by atoms with Gasteiger partial charge in [0.05, 0.1) is 0 Å². The van der Waals surface area contributed by atoms with E-state index in [1.807, 2.05) is 7.05 Å². The molecule has 25 heavy (non-hydrogen) atoms. The maximum absolute atomic E-state index is 12.4. The Hall–Kier alpha value is -0.530. The van der Waals surface area contributed by atoms with Crippen LogP contribution in [0.1, 0.15) is 58.3 Å². The Bertz CT molecular complexity index is 456. The number of nitrogens with one attached hydrogen (secondary N) is 1. The van der Waals surface area contributed by atoms with E-state index in [9.17, 15) is 4.79 Å². The van der Waals surface area contributed by atoms with Gasteiger partial charge in [0.15, 0.2) is 5.96 Å². The first-order chi connectivity index (χ1) is 11.7. The summed E-state index contributed by atoms with van der Waals surface area (Å²) in [4.78, 5) is 21.4. The van der Waals surface area contributed by atoms with Gasteiger partial charge in [-0.15, -0.1) is 24.0 Å². The van der Waals surface area contributed by atoms with Crippen molar-refractivity contribution in [2.75, 3.05) is 33.2 Å². The number of guanidine groups is 1. The summed E-state index contributed by atoms with van der Waals surface area (Å²) >= 11 is 0. The number of hydrogen-bond acceptors (Lipinski definition) is 2. The Morgan fingerprint density at radius 2 is 1.72 bits per heavy atom. The van der Waals surface area contributed by atoms with Crippen molar-refractivity contribution in [3.63, 3.8) is 0 Å². The van der Waals surface area contributed by atoms with Crippen LogP contribution in [-0.4, -0.2) is 60.9 Å². The van der Waals surface area contributed by atoms with Crippen molar-refractivity contribution in [3.8, 4) is 0 Å². The Morgan fingerprint density at radius 1 is 1.08 bits per heavy atom. The standard InChI is InChI=1S/C19H34N4O.HI/c1-15-7-5-6-12-23(15)18(24)10-11-21-19(20-2)22-13-16-8-3-4-9-17(16)14-22;/h15-17H,3-14H2,1-2H3,(H,20,21);1H. The number of halogens is 1. The lowest BCUT2D eigenvalue weighted by Crippen LogP contribution is -2.45. The summed E-state index contributed by atoms with van der Waals surface area (Å²) in [5.74, 6) is 2.99. The zero-order valence-electron chi connectivity index (χ0n) is 15.9. The van der Waals surface area contributed by atoms with Crippen LogP contribution in [0.2, 0.25) is 0 Å². The first-order valence-corrected chi connectivity index (χ1v) is 9.94. The van der Waals surface area contributed by atoms with E-state index in [1.54, 1.807) is 0 Å². The number of likely N-dealkylation sites (tertiary alicyclic amines) is 2. The number of carbonyl (C=O) groups excluding carboxylic acids is 1. The van der Waals surface area contributed by atoms with Crippen molar-refractivity contribution >= 4 is 35.8 Å². The average Bonchev–Trinajstić information content (AvgIpc) is 3.02. The predicted octanol–water partition coefficient (Wildman–Crippen LogP) is 3.09. The molecule has 1 N–H and O–H groups in total. The molecule has 3 atom stereocenters. The third-order valence-electron chi connectivity index (χ3n) is 6.23. The summed E-state index contributed by atoms with van der Waals surface area (Å²) in [6.45, 7) is 6.09. The normalized spacial score (nSPS) is 29.8. The SMILES string of the molecule is CN=C(NCCC(=O)N1CCCCC1C)N1CC2CCCCC2C1.I. The maximum atomic E-state index is 12.4. The fourth-order valence-electron chi connectivity index (χ4n) is 4.80. The molecular weight excluding hydrogens is 427 g/mol. The van der Waals surface area contributed by atoms with Gasteiger partial charge in [-0.3, -0.25) is 9.79 Å². The van der Waals surface area contributed by atoms with Gasteiger partial charge in [-0.1, -0.05) is 12.8 Å². The van der Waals surface area contributed by atoms with Gasteiger partial charge in [0.2, 0.25) is 5.91 Å². The molecule has 3 aliphatic rings. The summed E-state index contributed by atoms with van der Waals surface area (Å²) in [5, 5.41) is 3.43. The lowest BCUT2D eigenvalue weighted by atomic mass is 9.82. The van der Waals surface area contributed by atoms with Crippen molar-refractivity contribution in [1.29, 1.82) is 0 Å². The van der Waals surface area contributed by atoms with Crippen LogP contribution in [0.4, 0.5) is 0 Å². The van der Waals surface area contributed by atoms with E-state index in [4.69, 9.17) is 0 Å². The minimum atomic E-state index is 0. The lowest BCUT2D eigenvalue weighted by Gasteiger charge is -2.33. The van der Waals surface area contributed by atoms with Crippen LogP contribution in [0.3, 0.4) is 0 Å². The first kappa shape index (κ1) is 20.8. The highest BCUT2D eigenvalue weighted by Gasteiger charge is 2.35. The smallest absolute Gasteiger partial charge is 0.224 e. The van der Waals surface area contributed by atoms with Crippen molar-refractivity contribution in [2.45, 2.75) is 64.3 Å². The van der Waals surface area contributed by atoms with Gasteiger partial charge in [-0.25, -0.2) is 0 Å². The molecule has 1 amide bonds. The zero-order chi connectivity index (χ0) is 16.9. The fraction of sp³-hybridized carbons (Fsp3) is 0.895. The van der Waals surface area contributed by atoms with Crippen LogP contribution in [0, 0.1) is 11.8 Å². The number of piperidine rings is 1. The minimum absolute atomic E-state index is 0. The maximum Gasteiger partial charge on any atom is 0.224 e. The van der Waals surface area contributed by atoms with Gasteiger partial charge in [-0.05, 0) is 50.9 Å². The van der Waals surface area contributed by atoms with E-state index < -0.39 is 0 Å². The number of aliphatic imine (C=N–C) groups is 1.